The Labute approximate surface area is 170 Å². The maximum absolute atomic E-state index is 12.7. The summed E-state index contributed by atoms with van der Waals surface area (Å²) in [5.74, 6) is -2.01. The highest BCUT2D eigenvalue weighted by Crippen LogP contribution is 2.27. The molecule has 1 aromatic carbocycles. The number of rotatable bonds is 7. The van der Waals surface area contributed by atoms with Crippen LogP contribution in [0.3, 0.4) is 0 Å². The van der Waals surface area contributed by atoms with Gasteiger partial charge in [0.1, 0.15) is 6.04 Å². The van der Waals surface area contributed by atoms with Crippen LogP contribution in [0.4, 0.5) is 0 Å². The molecule has 1 aromatic rings. The van der Waals surface area contributed by atoms with Crippen molar-refractivity contribution < 1.29 is 23.9 Å². The maximum atomic E-state index is 12.7. The summed E-state index contributed by atoms with van der Waals surface area (Å²) < 4.78 is 5.18. The molecular weight excluding hydrogens is 372 g/mol. The molecule has 7 heteroatoms. The molecule has 1 heterocycles. The van der Waals surface area contributed by atoms with Crippen molar-refractivity contribution >= 4 is 23.7 Å². The zero-order valence-electron chi connectivity index (χ0n) is 17.0. The summed E-state index contributed by atoms with van der Waals surface area (Å²) in [7, 11) is 0. The van der Waals surface area contributed by atoms with Crippen LogP contribution in [0.15, 0.2) is 24.3 Å². The van der Waals surface area contributed by atoms with Crippen molar-refractivity contribution in [2.75, 3.05) is 13.2 Å². The average molecular weight is 400 g/mol. The Morgan fingerprint density at radius 2 is 1.66 bits per heavy atom. The van der Waals surface area contributed by atoms with Crippen molar-refractivity contribution in [3.8, 4) is 0 Å². The quantitative estimate of drug-likeness (QED) is 0.561. The number of nitrogens with zero attached hydrogens (tertiary/aromatic N) is 1. The van der Waals surface area contributed by atoms with Gasteiger partial charge in [0.15, 0.2) is 6.61 Å². The lowest BCUT2D eigenvalue weighted by atomic mass is 9.89. The zero-order valence-corrected chi connectivity index (χ0v) is 17.0. The maximum Gasteiger partial charge on any atom is 0.330 e. The molecule has 1 unspecified atom stereocenters. The summed E-state index contributed by atoms with van der Waals surface area (Å²) >= 11 is 0. The van der Waals surface area contributed by atoms with E-state index in [2.05, 4.69) is 5.32 Å². The van der Waals surface area contributed by atoms with E-state index < -0.39 is 30.4 Å². The first kappa shape index (κ1) is 21.0. The number of ether oxygens (including phenoxy) is 1. The molecule has 0 radical (unpaired) electrons. The van der Waals surface area contributed by atoms with Crippen LogP contribution in [-0.2, 0) is 14.3 Å². The molecule has 1 saturated carbocycles. The molecule has 0 spiro atoms. The van der Waals surface area contributed by atoms with E-state index in [0.29, 0.717) is 12.5 Å². The van der Waals surface area contributed by atoms with Gasteiger partial charge in [0.2, 0.25) is 0 Å². The van der Waals surface area contributed by atoms with Gasteiger partial charge in [0.25, 0.3) is 17.7 Å². The molecule has 1 aliphatic heterocycles. The molecule has 0 bridgehead atoms. The average Bonchev–Trinajstić information content (AvgIpc) is 2.97. The Balaban J connectivity index is 1.58. The number of nitrogens with one attached hydrogen (secondary N) is 1. The van der Waals surface area contributed by atoms with Crippen LogP contribution in [0.25, 0.3) is 0 Å². The third-order valence-electron chi connectivity index (χ3n) is 5.63. The van der Waals surface area contributed by atoms with E-state index in [9.17, 15) is 19.2 Å². The predicted molar refractivity (Wildman–Crippen MR) is 106 cm³/mol. The number of hydrogen-bond donors (Lipinski definition) is 1. The number of esters is 1. The Morgan fingerprint density at radius 1 is 1.07 bits per heavy atom. The molecule has 3 rings (SSSR count). The number of carbonyl (C=O) groups is 4. The molecule has 0 saturated heterocycles. The van der Waals surface area contributed by atoms with Gasteiger partial charge in [-0.15, -0.1) is 0 Å². The Bertz CT molecular complexity index is 763. The fourth-order valence-corrected chi connectivity index (χ4v) is 4.06. The van der Waals surface area contributed by atoms with Crippen molar-refractivity contribution in [1.29, 1.82) is 0 Å². The highest BCUT2D eigenvalue weighted by molar-refractivity contribution is 6.22. The number of imide groups is 1. The van der Waals surface area contributed by atoms with Gasteiger partial charge < -0.3 is 10.1 Å². The van der Waals surface area contributed by atoms with Crippen LogP contribution < -0.4 is 5.32 Å². The van der Waals surface area contributed by atoms with E-state index in [1.807, 2.05) is 0 Å². The molecule has 2 aliphatic rings. The number of carbonyl (C=O) groups excluding carboxylic acids is 4. The SMILES string of the molecule is CC(C)C(C(=O)OCC(=O)NCC1CCCCC1)N1C(=O)c2ccccc2C1=O. The first-order valence-electron chi connectivity index (χ1n) is 10.3. The number of benzene rings is 1. The zero-order chi connectivity index (χ0) is 21.0. The van der Waals surface area contributed by atoms with E-state index in [0.717, 1.165) is 17.7 Å². The predicted octanol–water partition coefficient (Wildman–Crippen LogP) is 2.55. The second-order valence-electron chi connectivity index (χ2n) is 8.13. The summed E-state index contributed by atoms with van der Waals surface area (Å²) in [5, 5.41) is 2.81. The lowest BCUT2D eigenvalue weighted by Gasteiger charge is -2.27. The van der Waals surface area contributed by atoms with Gasteiger partial charge in [-0.1, -0.05) is 45.2 Å². The molecular formula is C22H28N2O5. The van der Waals surface area contributed by atoms with E-state index in [4.69, 9.17) is 4.74 Å². The Hall–Kier alpha value is -2.70. The summed E-state index contributed by atoms with van der Waals surface area (Å²) in [6.45, 7) is 3.64. The highest BCUT2D eigenvalue weighted by atomic mass is 16.5. The van der Waals surface area contributed by atoms with Crippen molar-refractivity contribution in [3.63, 3.8) is 0 Å². The van der Waals surface area contributed by atoms with Crippen molar-refractivity contribution in [2.45, 2.75) is 52.0 Å². The summed E-state index contributed by atoms with van der Waals surface area (Å²) in [4.78, 5) is 51.1. The molecule has 1 N–H and O–H groups in total. The highest BCUT2D eigenvalue weighted by Gasteiger charge is 2.44. The summed E-state index contributed by atoms with van der Waals surface area (Å²) in [5.41, 5.74) is 0.558. The van der Waals surface area contributed by atoms with Gasteiger partial charge in [-0.25, -0.2) is 4.79 Å². The third kappa shape index (κ3) is 4.66. The van der Waals surface area contributed by atoms with Crippen LogP contribution in [0, 0.1) is 11.8 Å². The molecule has 0 aromatic heterocycles. The smallest absolute Gasteiger partial charge is 0.330 e. The normalized spacial score (nSPS) is 18.0. The minimum atomic E-state index is -1.08. The molecule has 1 fully saturated rings. The van der Waals surface area contributed by atoms with Crippen molar-refractivity contribution in [3.05, 3.63) is 35.4 Å². The minimum absolute atomic E-state index is 0.279. The Kier molecular flexibility index (Phi) is 6.67. The number of hydrogen-bond acceptors (Lipinski definition) is 5. The second kappa shape index (κ2) is 9.20. The molecule has 156 valence electrons. The first-order chi connectivity index (χ1) is 13.9. The standard InChI is InChI=1S/C22H28N2O5/c1-14(2)19(24-20(26)16-10-6-7-11-17(16)21(24)27)22(28)29-13-18(25)23-12-15-8-4-3-5-9-15/h6-7,10-11,14-15,19H,3-5,8-9,12-13H2,1-2H3,(H,23,25). The topological polar surface area (TPSA) is 92.8 Å². The number of amides is 3. The largest absolute Gasteiger partial charge is 0.454 e. The fraction of sp³-hybridized carbons (Fsp3) is 0.545. The number of fused-ring (bicyclic) bond motifs is 1. The molecule has 7 nitrogen and oxygen atoms in total. The van der Waals surface area contributed by atoms with E-state index >= 15 is 0 Å². The lowest BCUT2D eigenvalue weighted by molar-refractivity contribution is -0.153. The molecule has 1 aliphatic carbocycles. The van der Waals surface area contributed by atoms with Crippen molar-refractivity contribution in [1.82, 2.24) is 10.2 Å². The van der Waals surface area contributed by atoms with Crippen LogP contribution >= 0.6 is 0 Å². The minimum Gasteiger partial charge on any atom is -0.454 e. The summed E-state index contributed by atoms with van der Waals surface area (Å²) in [6, 6.07) is 5.40. The van der Waals surface area contributed by atoms with E-state index in [-0.39, 0.29) is 23.0 Å². The first-order valence-corrected chi connectivity index (χ1v) is 10.3. The van der Waals surface area contributed by atoms with Gasteiger partial charge in [-0.2, -0.15) is 0 Å². The van der Waals surface area contributed by atoms with Crippen LogP contribution in [0.1, 0.15) is 66.7 Å². The van der Waals surface area contributed by atoms with Gasteiger partial charge >= 0.3 is 5.97 Å². The van der Waals surface area contributed by atoms with E-state index in [1.54, 1.807) is 38.1 Å². The van der Waals surface area contributed by atoms with Gasteiger partial charge in [-0.3, -0.25) is 19.3 Å². The molecule has 1 atom stereocenters. The fourth-order valence-electron chi connectivity index (χ4n) is 4.06. The third-order valence-corrected chi connectivity index (χ3v) is 5.63. The van der Waals surface area contributed by atoms with E-state index in [1.165, 1.54) is 19.3 Å². The van der Waals surface area contributed by atoms with Crippen LogP contribution in [0.5, 0.6) is 0 Å². The van der Waals surface area contributed by atoms with Gasteiger partial charge in [0, 0.05) is 6.54 Å². The lowest BCUT2D eigenvalue weighted by Crippen LogP contribution is -2.49. The monoisotopic (exact) mass is 400 g/mol. The Morgan fingerprint density at radius 3 is 2.21 bits per heavy atom. The second-order valence-corrected chi connectivity index (χ2v) is 8.13. The molecule has 29 heavy (non-hydrogen) atoms. The van der Waals surface area contributed by atoms with Gasteiger partial charge in [-0.05, 0) is 36.8 Å². The molecule has 3 amide bonds. The van der Waals surface area contributed by atoms with Gasteiger partial charge in [0.05, 0.1) is 11.1 Å². The van der Waals surface area contributed by atoms with Crippen molar-refractivity contribution in [2.24, 2.45) is 11.8 Å². The summed E-state index contributed by atoms with van der Waals surface area (Å²) in [6.07, 6.45) is 5.83. The van der Waals surface area contributed by atoms with Crippen LogP contribution in [-0.4, -0.2) is 47.8 Å². The van der Waals surface area contributed by atoms with Crippen LogP contribution in [0.2, 0.25) is 0 Å².